The number of hydrogen-bond acceptors (Lipinski definition) is 4. The molecule has 3 nitrogen and oxygen atoms in total. The topological polar surface area (TPSA) is 38.9 Å². The summed E-state index contributed by atoms with van der Waals surface area (Å²) in [6.07, 6.45) is 2.05. The van der Waals surface area contributed by atoms with E-state index in [-0.39, 0.29) is 20.1 Å². The van der Waals surface area contributed by atoms with Crippen molar-refractivity contribution in [3.05, 3.63) is 120 Å². The molecule has 0 spiro atoms. The van der Waals surface area contributed by atoms with Gasteiger partial charge in [-0.05, 0) is 70.7 Å². The van der Waals surface area contributed by atoms with E-state index in [0.717, 1.165) is 38.8 Å². The van der Waals surface area contributed by atoms with Crippen LogP contribution in [0, 0.1) is 24.5 Å². The Labute approximate surface area is 261 Å². The summed E-state index contributed by atoms with van der Waals surface area (Å²) in [5, 5.41) is 5.45. The Hall–Kier alpha value is -3.63. The van der Waals surface area contributed by atoms with E-state index in [1.165, 1.54) is 15.6 Å². The molecule has 7 aromatic rings. The van der Waals surface area contributed by atoms with Gasteiger partial charge in [-0.3, -0.25) is 0 Å². The first kappa shape index (κ1) is 26.3. The Kier molecular flexibility index (Phi) is 7.74. The van der Waals surface area contributed by atoms with Gasteiger partial charge in [0, 0.05) is 45.3 Å². The van der Waals surface area contributed by atoms with Gasteiger partial charge in [0.25, 0.3) is 0 Å². The first-order valence-electron chi connectivity index (χ1n) is 14.2. The molecule has 3 aromatic carbocycles. The van der Waals surface area contributed by atoms with Gasteiger partial charge < -0.3 is 14.4 Å². The average Bonchev–Trinajstić information content (AvgIpc) is 3.62. The van der Waals surface area contributed by atoms with Crippen molar-refractivity contribution in [1.82, 2.24) is 9.97 Å². The number of hydrogen-bond donors (Lipinski definition) is 0. The Balaban J connectivity index is 0.000000221. The maximum atomic E-state index is 8.61. The van der Waals surface area contributed by atoms with Gasteiger partial charge in [-0.2, -0.15) is 0 Å². The summed E-state index contributed by atoms with van der Waals surface area (Å²) in [7, 11) is 0. The molecule has 0 saturated carbocycles. The Morgan fingerprint density at radius 2 is 1.80 bits per heavy atom. The molecular weight excluding hydrogens is 701 g/mol. The van der Waals surface area contributed by atoms with E-state index >= 15 is 0 Å². The summed E-state index contributed by atoms with van der Waals surface area (Å²) in [4.78, 5) is 8.84. The van der Waals surface area contributed by atoms with Gasteiger partial charge in [0.2, 0.25) is 0 Å². The maximum absolute atomic E-state index is 8.61. The van der Waals surface area contributed by atoms with Crippen LogP contribution in [0.2, 0.25) is 0 Å². The molecule has 0 amide bonds. The van der Waals surface area contributed by atoms with Crippen molar-refractivity contribution in [2.24, 2.45) is 5.41 Å². The fraction of sp³-hybridized carbons (Fsp3) is 0.167. The van der Waals surface area contributed by atoms with Crippen LogP contribution in [-0.2, 0) is 26.5 Å². The zero-order valence-corrected chi connectivity index (χ0v) is 26.5. The molecule has 1 radical (unpaired) electrons. The number of aryl methyl sites for hydroxylation is 1. The van der Waals surface area contributed by atoms with Crippen LogP contribution in [0.3, 0.4) is 0 Å². The van der Waals surface area contributed by atoms with Crippen molar-refractivity contribution < 1.29 is 27.3 Å². The first-order chi connectivity index (χ1) is 20.1. The fourth-order valence-corrected chi connectivity index (χ4v) is 5.65. The van der Waals surface area contributed by atoms with Crippen LogP contribution in [0.15, 0.2) is 101 Å². The molecule has 5 heteroatoms. The number of nitrogens with zero attached hydrogens (tertiary/aromatic N) is 2. The van der Waals surface area contributed by atoms with Gasteiger partial charge in [0.15, 0.2) is 0 Å². The number of thiophene rings is 1. The van der Waals surface area contributed by atoms with Crippen molar-refractivity contribution >= 4 is 43.4 Å². The fourth-order valence-electron chi connectivity index (χ4n) is 4.70. The van der Waals surface area contributed by atoms with E-state index in [1.54, 1.807) is 23.6 Å². The van der Waals surface area contributed by atoms with Gasteiger partial charge in [-0.25, -0.2) is 0 Å². The minimum Gasteiger partial charge on any atom is -0.501 e. The molecule has 41 heavy (non-hydrogen) atoms. The summed E-state index contributed by atoms with van der Waals surface area (Å²) in [5.41, 5.74) is 6.29. The number of furan rings is 1. The van der Waals surface area contributed by atoms with E-state index in [2.05, 4.69) is 45.7 Å². The first-order valence-corrected chi connectivity index (χ1v) is 14.1. The van der Waals surface area contributed by atoms with E-state index in [1.807, 2.05) is 88.5 Å². The number of benzene rings is 3. The largest absolute Gasteiger partial charge is 0.501 e. The van der Waals surface area contributed by atoms with Crippen LogP contribution in [0.1, 0.15) is 34.6 Å². The molecule has 0 saturated heterocycles. The summed E-state index contributed by atoms with van der Waals surface area (Å²) in [6.45, 7) is 7.76. The van der Waals surface area contributed by atoms with Crippen molar-refractivity contribution in [3.8, 4) is 22.5 Å². The minimum atomic E-state index is -1.49. The van der Waals surface area contributed by atoms with Gasteiger partial charge in [0.05, 0.1) is 5.58 Å². The van der Waals surface area contributed by atoms with Gasteiger partial charge in [-0.1, -0.05) is 55.5 Å². The van der Waals surface area contributed by atoms with E-state index in [4.69, 9.17) is 7.16 Å². The van der Waals surface area contributed by atoms with Crippen molar-refractivity contribution in [1.29, 1.82) is 0 Å². The molecule has 207 valence electrons. The summed E-state index contributed by atoms with van der Waals surface area (Å²) < 4.78 is 24.7. The number of pyridine rings is 2. The third kappa shape index (κ3) is 6.33. The molecule has 0 aliphatic rings. The van der Waals surface area contributed by atoms with Gasteiger partial charge >= 0.3 is 0 Å². The Morgan fingerprint density at radius 1 is 0.927 bits per heavy atom. The van der Waals surface area contributed by atoms with Crippen LogP contribution < -0.4 is 0 Å². The van der Waals surface area contributed by atoms with Crippen molar-refractivity contribution in [2.45, 2.75) is 34.1 Å². The predicted octanol–water partition coefficient (Wildman–Crippen LogP) is 10.1. The zero-order chi connectivity index (χ0) is 29.5. The smallest absolute Gasteiger partial charge is 0.122 e. The zero-order valence-electron chi connectivity index (χ0n) is 25.3. The van der Waals surface area contributed by atoms with Crippen LogP contribution in [0.5, 0.6) is 0 Å². The van der Waals surface area contributed by atoms with Gasteiger partial charge in [-0.15, -0.1) is 65.4 Å². The molecule has 0 atom stereocenters. The monoisotopic (exact) mass is 733 g/mol. The van der Waals surface area contributed by atoms with Crippen LogP contribution >= 0.6 is 11.3 Å². The summed E-state index contributed by atoms with van der Waals surface area (Å²) in [6, 6.07) is 32.1. The third-order valence-electron chi connectivity index (χ3n) is 6.45. The SMILES string of the molecule is Cc1ccc(-c2[c-]cccc2)nc1.[2H]C([2H])(c1ccnc(-c2[c-]ccc3c2oc2ccc4ccsc4c23)c1)C(C)(C)C.[Ir]. The second-order valence-electron chi connectivity index (χ2n) is 10.8. The van der Waals surface area contributed by atoms with Crippen LogP contribution in [0.4, 0.5) is 0 Å². The van der Waals surface area contributed by atoms with Gasteiger partial charge in [0.1, 0.15) is 5.58 Å². The molecule has 0 N–H and O–H groups in total. The number of rotatable bonds is 3. The van der Waals surface area contributed by atoms with E-state index < -0.39 is 11.8 Å². The van der Waals surface area contributed by atoms with Crippen molar-refractivity contribution in [3.63, 3.8) is 0 Å². The molecule has 0 bridgehead atoms. The molecule has 0 fully saturated rings. The second-order valence-corrected chi connectivity index (χ2v) is 11.7. The molecule has 4 aromatic heterocycles. The molecule has 0 aliphatic carbocycles. The van der Waals surface area contributed by atoms with Crippen LogP contribution in [-0.4, -0.2) is 9.97 Å². The van der Waals surface area contributed by atoms with Crippen LogP contribution in [0.25, 0.3) is 54.5 Å². The summed E-state index contributed by atoms with van der Waals surface area (Å²) in [5.74, 6) is 0. The Morgan fingerprint density at radius 3 is 2.56 bits per heavy atom. The molecule has 4 heterocycles. The standard InChI is InChI=1S/C24H20NOS.C12H10N.Ir/c1-24(2,3)14-15-9-11-25-19(13-15)17-5-4-6-18-21-20(26-22(17)18)8-7-16-10-12-27-23(16)21;1-10-7-8-12(13-9-10)11-5-3-2-4-6-11;/h4,6-13H,14H2,1-3H3;2-5,7-9H,1H3;/q2*-1;/i14D2;;. The molecule has 0 aliphatic heterocycles. The van der Waals surface area contributed by atoms with Crippen molar-refractivity contribution in [2.75, 3.05) is 0 Å². The minimum absolute atomic E-state index is 0. The predicted molar refractivity (Wildman–Crippen MR) is 168 cm³/mol. The molecular formula is C36H30IrN2OS-2. The molecule has 0 unspecified atom stereocenters. The van der Waals surface area contributed by atoms with E-state index in [0.29, 0.717) is 11.3 Å². The third-order valence-corrected chi connectivity index (χ3v) is 7.39. The average molecular weight is 733 g/mol. The number of fused-ring (bicyclic) bond motifs is 5. The van der Waals surface area contributed by atoms with E-state index in [9.17, 15) is 0 Å². The number of aromatic nitrogens is 2. The Bertz CT molecular complexity index is 2010. The second kappa shape index (κ2) is 12.1. The molecule has 7 rings (SSSR count). The normalized spacial score (nSPS) is 12.4. The summed E-state index contributed by atoms with van der Waals surface area (Å²) >= 11 is 1.71. The quantitative estimate of drug-likeness (QED) is 0.170. The maximum Gasteiger partial charge on any atom is 0.122 e.